The smallest absolute Gasteiger partial charge is 0.416 e. The first-order chi connectivity index (χ1) is 16.5. The summed E-state index contributed by atoms with van der Waals surface area (Å²) in [5.74, 6) is 0. The first-order valence-corrected chi connectivity index (χ1v) is 10.9. The van der Waals surface area contributed by atoms with Crippen LogP contribution in [0.25, 0.3) is 11.4 Å². The zero-order valence-electron chi connectivity index (χ0n) is 19.4. The molecule has 35 heavy (non-hydrogen) atoms. The van der Waals surface area contributed by atoms with E-state index in [1.807, 2.05) is 0 Å². The summed E-state index contributed by atoms with van der Waals surface area (Å²) in [4.78, 5) is 22.5. The lowest BCUT2D eigenvalue weighted by Crippen LogP contribution is -2.36. The third-order valence-electron chi connectivity index (χ3n) is 5.31. The van der Waals surface area contributed by atoms with E-state index in [0.29, 0.717) is 17.0 Å². The van der Waals surface area contributed by atoms with Crippen molar-refractivity contribution in [3.63, 3.8) is 0 Å². The Hall–Kier alpha value is -3.54. The van der Waals surface area contributed by atoms with Crippen molar-refractivity contribution in [2.75, 3.05) is 13.1 Å². The Labute approximate surface area is 199 Å². The number of hydrogen-bond acceptors (Lipinski definition) is 7. The van der Waals surface area contributed by atoms with Crippen LogP contribution in [0.1, 0.15) is 37.9 Å². The molecule has 9 nitrogen and oxygen atoms in total. The third kappa shape index (κ3) is 6.13. The van der Waals surface area contributed by atoms with Crippen molar-refractivity contribution in [3.8, 4) is 11.4 Å². The molecular formula is C23H25F3N6O3. The van der Waals surface area contributed by atoms with Gasteiger partial charge in [-0.05, 0) is 38.5 Å². The van der Waals surface area contributed by atoms with Crippen LogP contribution in [0.15, 0.2) is 49.1 Å². The molecule has 2 atom stereocenters. The van der Waals surface area contributed by atoms with Crippen LogP contribution in [0.4, 0.5) is 18.0 Å². The zero-order valence-corrected chi connectivity index (χ0v) is 19.4. The fourth-order valence-electron chi connectivity index (χ4n) is 3.63. The summed E-state index contributed by atoms with van der Waals surface area (Å²) in [6.07, 6.45) is 0.964. The molecule has 3 aromatic rings. The summed E-state index contributed by atoms with van der Waals surface area (Å²) >= 11 is 0. The van der Waals surface area contributed by atoms with Crippen LogP contribution in [-0.2, 0) is 22.3 Å². The number of carbonyl (C=O) groups excluding carboxylic acids is 1. The normalized spacial score (nSPS) is 18.6. The number of hydrogen-bond donors (Lipinski definition) is 0. The molecule has 0 spiro atoms. The number of aromatic nitrogens is 5. The van der Waals surface area contributed by atoms with Gasteiger partial charge in [0.1, 0.15) is 17.0 Å². The van der Waals surface area contributed by atoms with E-state index in [-0.39, 0.29) is 19.7 Å². The highest BCUT2D eigenvalue weighted by molar-refractivity contribution is 5.68. The number of rotatable bonds is 5. The molecule has 0 unspecified atom stereocenters. The van der Waals surface area contributed by atoms with Crippen molar-refractivity contribution < 1.29 is 27.4 Å². The van der Waals surface area contributed by atoms with Gasteiger partial charge in [-0.3, -0.25) is 9.97 Å². The van der Waals surface area contributed by atoms with Gasteiger partial charge in [0, 0.05) is 18.9 Å². The number of alkyl halides is 3. The highest BCUT2D eigenvalue weighted by Crippen LogP contribution is 2.30. The molecule has 4 rings (SSSR count). The molecule has 1 amide bonds. The molecule has 0 saturated carbocycles. The van der Waals surface area contributed by atoms with Crippen LogP contribution in [0.2, 0.25) is 0 Å². The maximum absolute atomic E-state index is 12.8. The van der Waals surface area contributed by atoms with Crippen LogP contribution < -0.4 is 0 Å². The second-order valence-corrected chi connectivity index (χ2v) is 9.17. The van der Waals surface area contributed by atoms with Crippen LogP contribution >= 0.6 is 0 Å². The molecule has 3 heterocycles. The van der Waals surface area contributed by atoms with E-state index in [9.17, 15) is 18.0 Å². The molecule has 0 radical (unpaired) electrons. The third-order valence-corrected chi connectivity index (χ3v) is 5.31. The van der Waals surface area contributed by atoms with Crippen molar-refractivity contribution in [3.05, 3.63) is 60.2 Å². The fourth-order valence-corrected chi connectivity index (χ4v) is 3.63. The largest absolute Gasteiger partial charge is 0.444 e. The molecule has 1 aliphatic heterocycles. The van der Waals surface area contributed by atoms with Gasteiger partial charge < -0.3 is 14.4 Å². The van der Waals surface area contributed by atoms with Crippen LogP contribution in [0.3, 0.4) is 0 Å². The molecule has 1 fully saturated rings. The van der Waals surface area contributed by atoms with Crippen molar-refractivity contribution in [2.24, 2.45) is 0 Å². The molecular weight excluding hydrogens is 465 g/mol. The van der Waals surface area contributed by atoms with Gasteiger partial charge in [-0.25, -0.2) is 9.48 Å². The Morgan fingerprint density at radius 2 is 1.83 bits per heavy atom. The number of ether oxygens (including phenoxy) is 2. The lowest BCUT2D eigenvalue weighted by atomic mass is 10.1. The van der Waals surface area contributed by atoms with Gasteiger partial charge in [0.25, 0.3) is 0 Å². The first kappa shape index (κ1) is 24.6. The number of halogens is 3. The molecule has 1 saturated heterocycles. The van der Waals surface area contributed by atoms with Gasteiger partial charge in [-0.2, -0.15) is 13.2 Å². The molecule has 2 aromatic heterocycles. The van der Waals surface area contributed by atoms with E-state index in [2.05, 4.69) is 20.3 Å². The van der Waals surface area contributed by atoms with Crippen LogP contribution in [-0.4, -0.2) is 60.7 Å². The minimum absolute atomic E-state index is 0.0627. The van der Waals surface area contributed by atoms with E-state index in [0.717, 1.165) is 12.1 Å². The summed E-state index contributed by atoms with van der Waals surface area (Å²) in [6.45, 7) is 5.88. The number of benzene rings is 1. The van der Waals surface area contributed by atoms with E-state index < -0.39 is 35.6 Å². The van der Waals surface area contributed by atoms with E-state index in [1.54, 1.807) is 50.2 Å². The van der Waals surface area contributed by atoms with Crippen molar-refractivity contribution in [2.45, 2.75) is 51.3 Å². The summed E-state index contributed by atoms with van der Waals surface area (Å²) < 4.78 is 51.7. The van der Waals surface area contributed by atoms with Gasteiger partial charge in [0.05, 0.1) is 43.3 Å². The van der Waals surface area contributed by atoms with E-state index >= 15 is 0 Å². The van der Waals surface area contributed by atoms with Gasteiger partial charge in [0.2, 0.25) is 0 Å². The topological polar surface area (TPSA) is 95.3 Å². The minimum atomic E-state index is -4.40. The molecule has 0 aliphatic carbocycles. The Kier molecular flexibility index (Phi) is 6.75. The van der Waals surface area contributed by atoms with E-state index in [4.69, 9.17) is 9.47 Å². The van der Waals surface area contributed by atoms with Gasteiger partial charge >= 0.3 is 12.3 Å². The lowest BCUT2D eigenvalue weighted by Gasteiger charge is -2.24. The average Bonchev–Trinajstić information content (AvgIpc) is 3.44. The monoisotopic (exact) mass is 490 g/mol. The summed E-state index contributed by atoms with van der Waals surface area (Å²) in [5, 5.41) is 8.36. The molecule has 0 N–H and O–H groups in total. The fraction of sp³-hybridized carbons (Fsp3) is 0.435. The number of amides is 1. The molecule has 186 valence electrons. The van der Waals surface area contributed by atoms with E-state index in [1.165, 1.54) is 17.0 Å². The molecule has 1 aromatic carbocycles. The number of nitrogens with zero attached hydrogens (tertiary/aromatic N) is 6. The van der Waals surface area contributed by atoms with Crippen LogP contribution in [0.5, 0.6) is 0 Å². The first-order valence-electron chi connectivity index (χ1n) is 10.9. The Morgan fingerprint density at radius 3 is 2.46 bits per heavy atom. The lowest BCUT2D eigenvalue weighted by molar-refractivity contribution is -0.137. The van der Waals surface area contributed by atoms with Crippen molar-refractivity contribution in [1.82, 2.24) is 29.9 Å². The molecule has 1 aliphatic rings. The molecule has 0 bridgehead atoms. The predicted octanol–water partition coefficient (Wildman–Crippen LogP) is 4.13. The quantitative estimate of drug-likeness (QED) is 0.531. The predicted molar refractivity (Wildman–Crippen MR) is 118 cm³/mol. The highest BCUT2D eigenvalue weighted by atomic mass is 19.4. The van der Waals surface area contributed by atoms with Crippen molar-refractivity contribution >= 4 is 6.09 Å². The standard InChI is InChI=1S/C23H25F3N6O3/c1-22(2,3)35-21(33)31-12-19(32-11-18(29-30-32)17-10-27-8-9-28-17)20(13-31)34-14-15-4-6-16(7-5-15)23(24,25)26/h4-11,19-20H,12-14H2,1-3H3/t19-,20-/m1/s1. The SMILES string of the molecule is CC(C)(C)OC(=O)N1C[C@@H](n2cc(-c3cnccn3)nn2)[C@H](OCc2ccc(C(F)(F)F)cc2)C1. The van der Waals surface area contributed by atoms with Crippen LogP contribution in [0, 0.1) is 0 Å². The summed E-state index contributed by atoms with van der Waals surface area (Å²) in [5.41, 5.74) is 0.234. The Bertz CT molecular complexity index is 1150. The van der Waals surface area contributed by atoms with Gasteiger partial charge in [-0.15, -0.1) is 5.10 Å². The minimum Gasteiger partial charge on any atom is -0.444 e. The summed E-state index contributed by atoms with van der Waals surface area (Å²) in [6, 6.07) is 4.39. The highest BCUT2D eigenvalue weighted by Gasteiger charge is 2.40. The van der Waals surface area contributed by atoms with Gasteiger partial charge in [0.15, 0.2) is 0 Å². The second kappa shape index (κ2) is 9.61. The maximum atomic E-state index is 12.8. The second-order valence-electron chi connectivity index (χ2n) is 9.17. The Balaban J connectivity index is 1.51. The van der Waals surface area contributed by atoms with Crippen molar-refractivity contribution in [1.29, 1.82) is 0 Å². The zero-order chi connectivity index (χ0) is 25.2. The Morgan fingerprint density at radius 1 is 1.09 bits per heavy atom. The maximum Gasteiger partial charge on any atom is 0.416 e. The number of carbonyl (C=O) groups is 1. The number of likely N-dealkylation sites (tertiary alicyclic amines) is 1. The average molecular weight is 490 g/mol. The van der Waals surface area contributed by atoms with Gasteiger partial charge in [-0.1, -0.05) is 17.3 Å². The summed E-state index contributed by atoms with van der Waals surface area (Å²) in [7, 11) is 0. The molecule has 12 heteroatoms.